The summed E-state index contributed by atoms with van der Waals surface area (Å²) < 4.78 is 27.8. The van der Waals surface area contributed by atoms with Crippen LogP contribution in [0.2, 0.25) is 5.02 Å². The number of sulfonamides is 1. The number of piperidine rings is 1. The van der Waals surface area contributed by atoms with Crippen molar-refractivity contribution in [2.24, 2.45) is 5.92 Å². The second-order valence-electron chi connectivity index (χ2n) is 6.65. The van der Waals surface area contributed by atoms with Gasteiger partial charge in [-0.25, -0.2) is 8.42 Å². The molecule has 1 aromatic carbocycles. The maximum absolute atomic E-state index is 12.8. The highest BCUT2D eigenvalue weighted by atomic mass is 35.5. The van der Waals surface area contributed by atoms with E-state index >= 15 is 0 Å². The van der Waals surface area contributed by atoms with Gasteiger partial charge in [0.05, 0.1) is 4.90 Å². The van der Waals surface area contributed by atoms with Crippen LogP contribution >= 0.6 is 11.6 Å². The largest absolute Gasteiger partial charge is 0.341 e. The van der Waals surface area contributed by atoms with Crippen LogP contribution in [-0.4, -0.2) is 38.4 Å². The Morgan fingerprint density at radius 3 is 2.50 bits per heavy atom. The highest BCUT2D eigenvalue weighted by Crippen LogP contribution is 2.19. The molecule has 1 atom stereocenters. The lowest BCUT2D eigenvalue weighted by Gasteiger charge is -2.31. The zero-order valence-electron chi connectivity index (χ0n) is 14.2. The molecule has 1 N–H and O–H groups in total. The molecule has 0 aliphatic carbocycles. The SMILES string of the molecule is CC(C)C[C@@H](NS(=O)(=O)c1cccc(Cl)c1)C(=O)N1CCCCC1. The molecule has 0 radical (unpaired) electrons. The average Bonchev–Trinajstić information content (AvgIpc) is 2.54. The Balaban J connectivity index is 2.19. The molecule has 0 spiro atoms. The van der Waals surface area contributed by atoms with Crippen LogP contribution in [0.15, 0.2) is 29.2 Å². The summed E-state index contributed by atoms with van der Waals surface area (Å²) in [6, 6.07) is 5.33. The van der Waals surface area contributed by atoms with Crippen molar-refractivity contribution in [2.45, 2.75) is 50.5 Å². The van der Waals surface area contributed by atoms with Crippen molar-refractivity contribution in [3.05, 3.63) is 29.3 Å². The fourth-order valence-corrected chi connectivity index (χ4v) is 4.40. The first-order valence-electron chi connectivity index (χ1n) is 8.36. The molecule has 1 aliphatic rings. The van der Waals surface area contributed by atoms with Crippen LogP contribution in [0.1, 0.15) is 39.5 Å². The fraction of sp³-hybridized carbons (Fsp3) is 0.588. The number of likely N-dealkylation sites (tertiary alicyclic amines) is 1. The van der Waals surface area contributed by atoms with Gasteiger partial charge in [0.2, 0.25) is 15.9 Å². The Bertz CT molecular complexity index is 670. The lowest BCUT2D eigenvalue weighted by Crippen LogP contribution is -2.50. The molecule has 1 amide bonds. The third-order valence-electron chi connectivity index (χ3n) is 4.08. The van der Waals surface area contributed by atoms with Gasteiger partial charge in [-0.15, -0.1) is 0 Å². The Hall–Kier alpha value is -1.11. The van der Waals surface area contributed by atoms with E-state index in [1.807, 2.05) is 13.8 Å². The van der Waals surface area contributed by atoms with Gasteiger partial charge < -0.3 is 4.90 Å². The predicted molar refractivity (Wildman–Crippen MR) is 95.4 cm³/mol. The number of rotatable bonds is 6. The fourth-order valence-electron chi connectivity index (χ4n) is 2.89. The van der Waals surface area contributed by atoms with E-state index in [2.05, 4.69) is 4.72 Å². The lowest BCUT2D eigenvalue weighted by molar-refractivity contribution is -0.134. The molecular formula is C17H25ClN2O3S. The van der Waals surface area contributed by atoms with Crippen LogP contribution in [0.5, 0.6) is 0 Å². The van der Waals surface area contributed by atoms with Crippen LogP contribution in [0, 0.1) is 5.92 Å². The molecule has 0 aromatic heterocycles. The molecule has 0 saturated carbocycles. The Morgan fingerprint density at radius 1 is 1.25 bits per heavy atom. The highest BCUT2D eigenvalue weighted by molar-refractivity contribution is 7.89. The second kappa shape index (κ2) is 8.32. The first kappa shape index (κ1) is 19.2. The van der Waals surface area contributed by atoms with E-state index in [9.17, 15) is 13.2 Å². The van der Waals surface area contributed by atoms with E-state index in [4.69, 9.17) is 11.6 Å². The van der Waals surface area contributed by atoms with Crippen molar-refractivity contribution in [1.82, 2.24) is 9.62 Å². The maximum atomic E-state index is 12.8. The maximum Gasteiger partial charge on any atom is 0.241 e. The lowest BCUT2D eigenvalue weighted by atomic mass is 10.0. The third-order valence-corrected chi connectivity index (χ3v) is 5.78. The summed E-state index contributed by atoms with van der Waals surface area (Å²) in [4.78, 5) is 14.6. The quantitative estimate of drug-likeness (QED) is 0.834. The summed E-state index contributed by atoms with van der Waals surface area (Å²) >= 11 is 5.89. The first-order valence-corrected chi connectivity index (χ1v) is 10.2. The van der Waals surface area contributed by atoms with E-state index < -0.39 is 16.1 Å². The first-order chi connectivity index (χ1) is 11.3. The summed E-state index contributed by atoms with van der Waals surface area (Å²) in [6.07, 6.45) is 3.53. The van der Waals surface area contributed by atoms with Crippen LogP contribution in [-0.2, 0) is 14.8 Å². The molecule has 1 aromatic rings. The molecule has 1 saturated heterocycles. The zero-order chi connectivity index (χ0) is 17.7. The number of benzene rings is 1. The molecule has 1 aliphatic heterocycles. The van der Waals surface area contributed by atoms with Crippen molar-refractivity contribution < 1.29 is 13.2 Å². The van der Waals surface area contributed by atoms with Crippen molar-refractivity contribution in [1.29, 1.82) is 0 Å². The van der Waals surface area contributed by atoms with Crippen molar-refractivity contribution in [3.63, 3.8) is 0 Å². The number of amides is 1. The summed E-state index contributed by atoms with van der Waals surface area (Å²) in [5.41, 5.74) is 0. The van der Waals surface area contributed by atoms with Crippen molar-refractivity contribution in [3.8, 4) is 0 Å². The standard InChI is InChI=1S/C17H25ClN2O3S/c1-13(2)11-16(17(21)20-9-4-3-5-10-20)19-24(22,23)15-8-6-7-14(18)12-15/h6-8,12-13,16,19H,3-5,9-11H2,1-2H3/t16-/m1/s1. The van der Waals surface area contributed by atoms with Gasteiger partial charge in [-0.05, 0) is 49.8 Å². The smallest absolute Gasteiger partial charge is 0.241 e. The van der Waals surface area contributed by atoms with Crippen LogP contribution in [0.3, 0.4) is 0 Å². The molecule has 0 unspecified atom stereocenters. The van der Waals surface area contributed by atoms with E-state index in [1.165, 1.54) is 12.1 Å². The molecule has 134 valence electrons. The van der Waals surface area contributed by atoms with Gasteiger partial charge in [-0.1, -0.05) is 31.5 Å². The minimum absolute atomic E-state index is 0.0789. The van der Waals surface area contributed by atoms with Gasteiger partial charge in [-0.2, -0.15) is 4.72 Å². The number of carbonyl (C=O) groups excluding carboxylic acids is 1. The minimum Gasteiger partial charge on any atom is -0.341 e. The number of nitrogens with zero attached hydrogens (tertiary/aromatic N) is 1. The minimum atomic E-state index is -3.79. The van der Waals surface area contributed by atoms with Gasteiger partial charge >= 0.3 is 0 Å². The molecule has 1 heterocycles. The third kappa shape index (κ3) is 5.19. The Kier molecular flexibility index (Phi) is 6.66. The zero-order valence-corrected chi connectivity index (χ0v) is 15.7. The number of carbonyl (C=O) groups is 1. The second-order valence-corrected chi connectivity index (χ2v) is 8.80. The summed E-state index contributed by atoms with van der Waals surface area (Å²) in [6.45, 7) is 5.35. The Morgan fingerprint density at radius 2 is 1.92 bits per heavy atom. The molecule has 2 rings (SSSR count). The highest BCUT2D eigenvalue weighted by Gasteiger charge is 2.30. The van der Waals surface area contributed by atoms with Gasteiger partial charge in [0.25, 0.3) is 0 Å². The number of nitrogens with one attached hydrogen (secondary N) is 1. The van der Waals surface area contributed by atoms with E-state index in [1.54, 1.807) is 17.0 Å². The van der Waals surface area contributed by atoms with Crippen LogP contribution in [0.25, 0.3) is 0 Å². The normalized spacial score (nSPS) is 17.1. The van der Waals surface area contributed by atoms with E-state index in [-0.39, 0.29) is 16.7 Å². The number of halogens is 1. The predicted octanol–water partition coefficient (Wildman–Crippen LogP) is 3.05. The van der Waals surface area contributed by atoms with Gasteiger partial charge in [0.15, 0.2) is 0 Å². The number of hydrogen-bond donors (Lipinski definition) is 1. The van der Waals surface area contributed by atoms with Crippen LogP contribution < -0.4 is 4.72 Å². The van der Waals surface area contributed by atoms with Gasteiger partial charge in [0, 0.05) is 18.1 Å². The average molecular weight is 373 g/mol. The molecule has 7 heteroatoms. The topological polar surface area (TPSA) is 66.5 Å². The van der Waals surface area contributed by atoms with Crippen LogP contribution in [0.4, 0.5) is 0 Å². The molecule has 24 heavy (non-hydrogen) atoms. The molecular weight excluding hydrogens is 348 g/mol. The van der Waals surface area contributed by atoms with Gasteiger partial charge in [0.1, 0.15) is 6.04 Å². The molecule has 5 nitrogen and oxygen atoms in total. The van der Waals surface area contributed by atoms with E-state index in [0.717, 1.165) is 19.3 Å². The van der Waals surface area contributed by atoms with Gasteiger partial charge in [-0.3, -0.25) is 4.79 Å². The van der Waals surface area contributed by atoms with Crippen molar-refractivity contribution in [2.75, 3.05) is 13.1 Å². The summed E-state index contributed by atoms with van der Waals surface area (Å²) in [5, 5.41) is 0.348. The molecule has 1 fully saturated rings. The summed E-state index contributed by atoms with van der Waals surface area (Å²) in [7, 11) is -3.79. The Labute approximate surface area is 149 Å². The monoisotopic (exact) mass is 372 g/mol. The van der Waals surface area contributed by atoms with Crippen molar-refractivity contribution >= 4 is 27.5 Å². The number of hydrogen-bond acceptors (Lipinski definition) is 3. The van der Waals surface area contributed by atoms with E-state index in [0.29, 0.717) is 24.5 Å². The summed E-state index contributed by atoms with van der Waals surface area (Å²) in [5.74, 6) is 0.0693. The molecule has 0 bridgehead atoms.